The van der Waals surface area contributed by atoms with Crippen LogP contribution in [0.4, 0.5) is 0 Å². The number of carbonyl (C=O) groups is 1. The Labute approximate surface area is 118 Å². The van der Waals surface area contributed by atoms with Gasteiger partial charge in [0.05, 0.1) is 6.04 Å². The van der Waals surface area contributed by atoms with Crippen LogP contribution in [0.2, 0.25) is 5.02 Å². The van der Waals surface area contributed by atoms with Gasteiger partial charge in [0, 0.05) is 18.0 Å². The maximum Gasteiger partial charge on any atom is 0.223 e. The lowest BCUT2D eigenvalue weighted by Gasteiger charge is -2.31. The Morgan fingerprint density at radius 1 is 1.42 bits per heavy atom. The summed E-state index contributed by atoms with van der Waals surface area (Å²) in [6.45, 7) is 2.86. The Hall–Kier alpha value is -1.06. The topological polar surface area (TPSA) is 32.3 Å². The highest BCUT2D eigenvalue weighted by molar-refractivity contribution is 6.30. The maximum atomic E-state index is 12.4. The summed E-state index contributed by atoms with van der Waals surface area (Å²) in [5.41, 5.74) is 1.17. The number of hydrogen-bond acceptors (Lipinski definition) is 2. The van der Waals surface area contributed by atoms with Gasteiger partial charge in [0.25, 0.3) is 0 Å². The second-order valence-corrected chi connectivity index (χ2v) is 5.96. The largest absolute Gasteiger partial charge is 0.336 e. The van der Waals surface area contributed by atoms with Gasteiger partial charge in [-0.1, -0.05) is 23.7 Å². The van der Waals surface area contributed by atoms with Gasteiger partial charge in [-0.05, 0) is 49.5 Å². The van der Waals surface area contributed by atoms with Crippen LogP contribution in [0.25, 0.3) is 0 Å². The molecule has 1 aromatic rings. The van der Waals surface area contributed by atoms with Crippen molar-refractivity contribution in [1.82, 2.24) is 10.2 Å². The van der Waals surface area contributed by atoms with E-state index in [0.29, 0.717) is 18.2 Å². The van der Waals surface area contributed by atoms with Crippen LogP contribution < -0.4 is 5.32 Å². The Morgan fingerprint density at radius 2 is 2.26 bits per heavy atom. The SMILES string of the molecule is O=C(CC1CNC1)N1CCCC1c1cccc(Cl)c1. The summed E-state index contributed by atoms with van der Waals surface area (Å²) in [5.74, 6) is 0.835. The zero-order valence-corrected chi connectivity index (χ0v) is 11.7. The summed E-state index contributed by atoms with van der Waals surface area (Å²) in [6.07, 6.45) is 2.82. The Kier molecular flexibility index (Phi) is 3.76. The lowest BCUT2D eigenvalue weighted by Crippen LogP contribution is -2.45. The molecule has 2 saturated heterocycles. The number of rotatable bonds is 3. The molecule has 2 fully saturated rings. The van der Waals surface area contributed by atoms with Gasteiger partial charge >= 0.3 is 0 Å². The van der Waals surface area contributed by atoms with Gasteiger partial charge in [0.1, 0.15) is 0 Å². The number of hydrogen-bond donors (Lipinski definition) is 1. The zero-order valence-electron chi connectivity index (χ0n) is 10.9. The summed E-state index contributed by atoms with van der Waals surface area (Å²) in [5, 5.41) is 3.97. The Bertz CT molecular complexity index is 473. The number of likely N-dealkylation sites (tertiary alicyclic amines) is 1. The smallest absolute Gasteiger partial charge is 0.223 e. The molecule has 19 heavy (non-hydrogen) atoms. The molecule has 0 saturated carbocycles. The lowest BCUT2D eigenvalue weighted by atomic mass is 9.98. The van der Waals surface area contributed by atoms with Crippen molar-refractivity contribution in [1.29, 1.82) is 0 Å². The third-order valence-electron chi connectivity index (χ3n) is 4.14. The van der Waals surface area contributed by atoms with Crippen molar-refractivity contribution in [2.24, 2.45) is 5.92 Å². The molecule has 0 aromatic heterocycles. The molecule has 102 valence electrons. The van der Waals surface area contributed by atoms with E-state index in [1.807, 2.05) is 23.1 Å². The van der Waals surface area contributed by atoms with Crippen LogP contribution in [0.3, 0.4) is 0 Å². The van der Waals surface area contributed by atoms with Crippen LogP contribution in [-0.2, 0) is 4.79 Å². The predicted octanol–water partition coefficient (Wildman–Crippen LogP) is 2.61. The number of amides is 1. The fourth-order valence-electron chi connectivity index (χ4n) is 2.98. The van der Waals surface area contributed by atoms with E-state index in [0.717, 1.165) is 37.5 Å². The van der Waals surface area contributed by atoms with E-state index in [1.54, 1.807) is 0 Å². The molecule has 0 aliphatic carbocycles. The Balaban J connectivity index is 1.71. The van der Waals surface area contributed by atoms with Crippen molar-refractivity contribution in [3.05, 3.63) is 34.9 Å². The van der Waals surface area contributed by atoms with Crippen LogP contribution in [0.15, 0.2) is 24.3 Å². The van der Waals surface area contributed by atoms with Gasteiger partial charge < -0.3 is 10.2 Å². The van der Waals surface area contributed by atoms with Crippen LogP contribution in [0.5, 0.6) is 0 Å². The van der Waals surface area contributed by atoms with E-state index in [4.69, 9.17) is 11.6 Å². The summed E-state index contributed by atoms with van der Waals surface area (Å²) < 4.78 is 0. The van der Waals surface area contributed by atoms with Crippen molar-refractivity contribution >= 4 is 17.5 Å². The van der Waals surface area contributed by atoms with Crippen molar-refractivity contribution in [2.75, 3.05) is 19.6 Å². The highest BCUT2D eigenvalue weighted by atomic mass is 35.5. The molecule has 2 aliphatic rings. The van der Waals surface area contributed by atoms with E-state index < -0.39 is 0 Å². The average Bonchev–Trinajstić information content (AvgIpc) is 2.82. The Morgan fingerprint density at radius 3 is 2.95 bits per heavy atom. The molecular formula is C15H19ClN2O. The van der Waals surface area contributed by atoms with Crippen molar-refractivity contribution in [3.8, 4) is 0 Å². The average molecular weight is 279 g/mol. The second-order valence-electron chi connectivity index (χ2n) is 5.53. The summed E-state index contributed by atoms with van der Waals surface area (Å²) in [4.78, 5) is 14.4. The summed E-state index contributed by atoms with van der Waals surface area (Å²) in [6, 6.07) is 8.13. The van der Waals surface area contributed by atoms with Gasteiger partial charge in [-0.25, -0.2) is 0 Å². The van der Waals surface area contributed by atoms with Gasteiger partial charge in [0.2, 0.25) is 5.91 Å². The normalized spacial score (nSPS) is 23.4. The van der Waals surface area contributed by atoms with E-state index in [9.17, 15) is 4.79 Å². The first-order chi connectivity index (χ1) is 9.24. The molecule has 0 spiro atoms. The van der Waals surface area contributed by atoms with Gasteiger partial charge in [-0.2, -0.15) is 0 Å². The molecule has 1 unspecified atom stereocenters. The first-order valence-corrected chi connectivity index (χ1v) is 7.37. The lowest BCUT2D eigenvalue weighted by molar-refractivity contribution is -0.133. The fourth-order valence-corrected chi connectivity index (χ4v) is 3.18. The molecule has 3 nitrogen and oxygen atoms in total. The molecule has 1 atom stereocenters. The molecule has 0 radical (unpaired) electrons. The van der Waals surface area contributed by atoms with E-state index >= 15 is 0 Å². The number of nitrogens with one attached hydrogen (secondary N) is 1. The summed E-state index contributed by atoms with van der Waals surface area (Å²) >= 11 is 6.05. The molecule has 3 rings (SSSR count). The molecule has 2 aliphatic heterocycles. The maximum absolute atomic E-state index is 12.4. The minimum atomic E-state index is 0.222. The molecule has 1 aromatic carbocycles. The van der Waals surface area contributed by atoms with Crippen molar-refractivity contribution < 1.29 is 4.79 Å². The van der Waals surface area contributed by atoms with Crippen LogP contribution in [0.1, 0.15) is 30.9 Å². The standard InChI is InChI=1S/C15H19ClN2O/c16-13-4-1-3-12(8-13)14-5-2-6-18(14)15(19)7-11-9-17-10-11/h1,3-4,8,11,14,17H,2,5-7,9-10H2. The van der Waals surface area contributed by atoms with Crippen LogP contribution in [-0.4, -0.2) is 30.4 Å². The van der Waals surface area contributed by atoms with Gasteiger partial charge in [-0.3, -0.25) is 4.79 Å². The minimum absolute atomic E-state index is 0.222. The molecule has 1 N–H and O–H groups in total. The minimum Gasteiger partial charge on any atom is -0.336 e. The van der Waals surface area contributed by atoms with Gasteiger partial charge in [0.15, 0.2) is 0 Å². The van der Waals surface area contributed by atoms with E-state index in [-0.39, 0.29) is 6.04 Å². The molecule has 0 bridgehead atoms. The second kappa shape index (κ2) is 5.51. The third kappa shape index (κ3) is 2.77. The number of nitrogens with zero attached hydrogens (tertiary/aromatic N) is 1. The van der Waals surface area contributed by atoms with E-state index in [1.165, 1.54) is 5.56 Å². The number of benzene rings is 1. The highest BCUT2D eigenvalue weighted by Crippen LogP contribution is 2.34. The van der Waals surface area contributed by atoms with Crippen molar-refractivity contribution in [2.45, 2.75) is 25.3 Å². The number of halogens is 1. The highest BCUT2D eigenvalue weighted by Gasteiger charge is 2.32. The van der Waals surface area contributed by atoms with Crippen LogP contribution in [0, 0.1) is 5.92 Å². The monoisotopic (exact) mass is 278 g/mol. The first kappa shape index (κ1) is 12.9. The molecule has 4 heteroatoms. The molecule has 1 amide bonds. The molecule has 2 heterocycles. The van der Waals surface area contributed by atoms with Crippen molar-refractivity contribution in [3.63, 3.8) is 0 Å². The quantitative estimate of drug-likeness (QED) is 0.922. The fraction of sp³-hybridized carbons (Fsp3) is 0.533. The first-order valence-electron chi connectivity index (χ1n) is 6.99. The van der Waals surface area contributed by atoms with Gasteiger partial charge in [-0.15, -0.1) is 0 Å². The zero-order chi connectivity index (χ0) is 13.2. The van der Waals surface area contributed by atoms with Crippen LogP contribution >= 0.6 is 11.6 Å². The predicted molar refractivity (Wildman–Crippen MR) is 76.1 cm³/mol. The molecular weight excluding hydrogens is 260 g/mol. The van der Waals surface area contributed by atoms with E-state index in [2.05, 4.69) is 11.4 Å². The third-order valence-corrected chi connectivity index (χ3v) is 4.37. The summed E-state index contributed by atoms with van der Waals surface area (Å²) in [7, 11) is 0. The number of carbonyl (C=O) groups excluding carboxylic acids is 1.